The molecule has 0 aromatic rings. The quantitative estimate of drug-likeness (QED) is 0.436. The summed E-state index contributed by atoms with van der Waals surface area (Å²) in [6, 6.07) is 0. The minimum absolute atomic E-state index is 0.461. The van der Waals surface area contributed by atoms with Crippen molar-refractivity contribution in [1.82, 2.24) is 0 Å². The van der Waals surface area contributed by atoms with Crippen molar-refractivity contribution in [3.05, 3.63) is 12.7 Å². The van der Waals surface area contributed by atoms with Gasteiger partial charge in [-0.2, -0.15) is 11.8 Å². The average Bonchev–Trinajstić information content (AvgIpc) is 1.89. The Kier molecular flexibility index (Phi) is 4.88. The number of hydrogen-bond donors (Lipinski definition) is 0. The molecule has 0 amide bonds. The summed E-state index contributed by atoms with van der Waals surface area (Å²) < 4.78 is 0.461. The molecule has 0 spiro atoms. The molecular formula is C9H18S. The number of rotatable bonds is 5. The smallest absolute Gasteiger partial charge is 0.0101 e. The number of hydrogen-bond acceptors (Lipinski definition) is 1. The summed E-state index contributed by atoms with van der Waals surface area (Å²) in [5.41, 5.74) is 0. The Balaban J connectivity index is 3.36. The predicted octanol–water partition coefficient (Wildman–Crippen LogP) is 3.48. The van der Waals surface area contributed by atoms with Crippen LogP contribution >= 0.6 is 11.8 Å². The summed E-state index contributed by atoms with van der Waals surface area (Å²) in [5, 5.41) is 0. The van der Waals surface area contributed by atoms with E-state index in [1.54, 1.807) is 0 Å². The van der Waals surface area contributed by atoms with Gasteiger partial charge in [-0.25, -0.2) is 0 Å². The topological polar surface area (TPSA) is 0 Å². The van der Waals surface area contributed by atoms with Gasteiger partial charge in [-0.3, -0.25) is 0 Å². The Labute approximate surface area is 69.1 Å². The Morgan fingerprint density at radius 1 is 1.50 bits per heavy atom. The third-order valence-electron chi connectivity index (χ3n) is 1.74. The van der Waals surface area contributed by atoms with E-state index in [9.17, 15) is 0 Å². The zero-order valence-electron chi connectivity index (χ0n) is 7.31. The van der Waals surface area contributed by atoms with Crippen LogP contribution in [0.15, 0.2) is 12.7 Å². The summed E-state index contributed by atoms with van der Waals surface area (Å²) in [6.07, 6.45) is 7.89. The predicted molar refractivity (Wildman–Crippen MR) is 51.6 cm³/mol. The van der Waals surface area contributed by atoms with Gasteiger partial charge in [-0.1, -0.05) is 19.9 Å². The van der Waals surface area contributed by atoms with Gasteiger partial charge < -0.3 is 0 Å². The van der Waals surface area contributed by atoms with Crippen molar-refractivity contribution in [3.63, 3.8) is 0 Å². The highest BCUT2D eigenvalue weighted by atomic mass is 32.2. The van der Waals surface area contributed by atoms with Gasteiger partial charge in [0, 0.05) is 4.75 Å². The maximum atomic E-state index is 3.70. The molecule has 0 rings (SSSR count). The van der Waals surface area contributed by atoms with E-state index in [-0.39, 0.29) is 0 Å². The lowest BCUT2D eigenvalue weighted by atomic mass is 10.1. The van der Waals surface area contributed by atoms with E-state index in [0.29, 0.717) is 4.75 Å². The van der Waals surface area contributed by atoms with Crippen LogP contribution in [-0.4, -0.2) is 11.0 Å². The second-order valence-electron chi connectivity index (χ2n) is 3.14. The largest absolute Gasteiger partial charge is 0.159 e. The van der Waals surface area contributed by atoms with Gasteiger partial charge in [-0.15, -0.1) is 6.58 Å². The Bertz CT molecular complexity index is 94.9. The summed E-state index contributed by atoms with van der Waals surface area (Å²) >= 11 is 1.94. The molecule has 0 nitrogen and oxygen atoms in total. The second-order valence-corrected chi connectivity index (χ2v) is 4.66. The lowest BCUT2D eigenvalue weighted by Crippen LogP contribution is -2.12. The molecule has 0 saturated carbocycles. The van der Waals surface area contributed by atoms with E-state index in [4.69, 9.17) is 0 Å². The standard InChI is InChI=1S/C9H18S/c1-5-6-7-8-9(2,3)10-4/h5H,1,6-8H2,2-4H3. The fourth-order valence-electron chi connectivity index (χ4n) is 0.774. The van der Waals surface area contributed by atoms with Crippen molar-refractivity contribution in [1.29, 1.82) is 0 Å². The monoisotopic (exact) mass is 158 g/mol. The lowest BCUT2D eigenvalue weighted by Gasteiger charge is -2.20. The van der Waals surface area contributed by atoms with Crippen LogP contribution in [0.2, 0.25) is 0 Å². The molecule has 10 heavy (non-hydrogen) atoms. The minimum Gasteiger partial charge on any atom is -0.159 e. The third kappa shape index (κ3) is 4.92. The number of allylic oxidation sites excluding steroid dienone is 1. The lowest BCUT2D eigenvalue weighted by molar-refractivity contribution is 0.608. The molecule has 1 heteroatoms. The highest BCUT2D eigenvalue weighted by Gasteiger charge is 2.13. The van der Waals surface area contributed by atoms with Gasteiger partial charge in [0.1, 0.15) is 0 Å². The molecule has 0 aliphatic heterocycles. The van der Waals surface area contributed by atoms with Crippen LogP contribution < -0.4 is 0 Å². The van der Waals surface area contributed by atoms with Crippen molar-refractivity contribution in [3.8, 4) is 0 Å². The molecular weight excluding hydrogens is 140 g/mol. The summed E-state index contributed by atoms with van der Waals surface area (Å²) in [7, 11) is 0. The van der Waals surface area contributed by atoms with Crippen LogP contribution in [0.5, 0.6) is 0 Å². The molecule has 0 atom stereocenters. The highest BCUT2D eigenvalue weighted by molar-refractivity contribution is 7.99. The molecule has 0 unspecified atom stereocenters. The van der Waals surface area contributed by atoms with Crippen LogP contribution in [0, 0.1) is 0 Å². The maximum Gasteiger partial charge on any atom is 0.0101 e. The normalized spacial score (nSPS) is 11.5. The molecule has 0 fully saturated rings. The van der Waals surface area contributed by atoms with Crippen molar-refractivity contribution < 1.29 is 0 Å². The summed E-state index contributed by atoms with van der Waals surface area (Å²) in [4.78, 5) is 0. The van der Waals surface area contributed by atoms with Crippen LogP contribution in [-0.2, 0) is 0 Å². The van der Waals surface area contributed by atoms with Crippen LogP contribution in [0.1, 0.15) is 33.1 Å². The molecule has 0 aromatic heterocycles. The van der Waals surface area contributed by atoms with Crippen molar-refractivity contribution in [2.45, 2.75) is 37.9 Å². The second kappa shape index (κ2) is 4.84. The molecule has 0 aromatic carbocycles. The van der Waals surface area contributed by atoms with Crippen molar-refractivity contribution >= 4 is 11.8 Å². The fourth-order valence-corrected chi connectivity index (χ4v) is 1.12. The van der Waals surface area contributed by atoms with Crippen molar-refractivity contribution in [2.75, 3.05) is 6.26 Å². The SMILES string of the molecule is C=CCCCC(C)(C)SC. The number of unbranched alkanes of at least 4 members (excludes halogenated alkanes) is 1. The first-order chi connectivity index (χ1) is 4.62. The first kappa shape index (κ1) is 10.1. The first-order valence-corrected chi connectivity index (χ1v) is 5.01. The van der Waals surface area contributed by atoms with Crippen LogP contribution in [0.25, 0.3) is 0 Å². The van der Waals surface area contributed by atoms with Crippen LogP contribution in [0.3, 0.4) is 0 Å². The van der Waals surface area contributed by atoms with E-state index in [1.165, 1.54) is 12.8 Å². The van der Waals surface area contributed by atoms with E-state index >= 15 is 0 Å². The fraction of sp³-hybridized carbons (Fsp3) is 0.778. The van der Waals surface area contributed by atoms with E-state index in [0.717, 1.165) is 6.42 Å². The minimum atomic E-state index is 0.461. The maximum absolute atomic E-state index is 3.70. The van der Waals surface area contributed by atoms with Gasteiger partial charge >= 0.3 is 0 Å². The van der Waals surface area contributed by atoms with Gasteiger partial charge in [0.05, 0.1) is 0 Å². The highest BCUT2D eigenvalue weighted by Crippen LogP contribution is 2.27. The van der Waals surface area contributed by atoms with Gasteiger partial charge in [0.2, 0.25) is 0 Å². The molecule has 0 heterocycles. The Morgan fingerprint density at radius 3 is 2.50 bits per heavy atom. The summed E-state index contributed by atoms with van der Waals surface area (Å²) in [6.45, 7) is 8.28. The molecule has 60 valence electrons. The van der Waals surface area contributed by atoms with Crippen LogP contribution in [0.4, 0.5) is 0 Å². The molecule has 0 radical (unpaired) electrons. The average molecular weight is 158 g/mol. The zero-order chi connectivity index (χ0) is 8.04. The molecule has 0 bridgehead atoms. The zero-order valence-corrected chi connectivity index (χ0v) is 8.13. The van der Waals surface area contributed by atoms with E-state index in [2.05, 4.69) is 26.7 Å². The molecule has 0 aliphatic carbocycles. The Hall–Kier alpha value is 0.0900. The Morgan fingerprint density at radius 2 is 2.10 bits per heavy atom. The summed E-state index contributed by atoms with van der Waals surface area (Å²) in [5.74, 6) is 0. The molecule has 0 saturated heterocycles. The van der Waals surface area contributed by atoms with Gasteiger partial charge in [-0.05, 0) is 25.5 Å². The molecule has 0 aliphatic rings. The first-order valence-electron chi connectivity index (χ1n) is 3.78. The van der Waals surface area contributed by atoms with E-state index < -0.39 is 0 Å². The van der Waals surface area contributed by atoms with E-state index in [1.807, 2.05) is 17.8 Å². The third-order valence-corrected chi connectivity index (χ3v) is 3.05. The number of thioether (sulfide) groups is 1. The van der Waals surface area contributed by atoms with Gasteiger partial charge in [0.25, 0.3) is 0 Å². The molecule has 0 N–H and O–H groups in total. The van der Waals surface area contributed by atoms with Crippen molar-refractivity contribution in [2.24, 2.45) is 0 Å². The van der Waals surface area contributed by atoms with Gasteiger partial charge in [0.15, 0.2) is 0 Å².